The van der Waals surface area contributed by atoms with E-state index in [4.69, 9.17) is 4.52 Å². The number of aliphatic hydroxyl groups excluding tert-OH is 1. The Morgan fingerprint density at radius 3 is 2.90 bits per heavy atom. The van der Waals surface area contributed by atoms with Crippen molar-refractivity contribution in [3.05, 3.63) is 52.9 Å². The van der Waals surface area contributed by atoms with Crippen molar-refractivity contribution in [1.29, 1.82) is 0 Å². The van der Waals surface area contributed by atoms with Gasteiger partial charge in [0.15, 0.2) is 0 Å². The molecule has 0 saturated carbocycles. The third kappa shape index (κ3) is 2.96. The molecule has 0 aliphatic carbocycles. The molecular weight excluding hydrogens is 278 g/mol. The van der Waals surface area contributed by atoms with Gasteiger partial charge >= 0.3 is 0 Å². The summed E-state index contributed by atoms with van der Waals surface area (Å²) in [5.74, 6) is -0.250. The average molecular weight is 294 g/mol. The van der Waals surface area contributed by atoms with Crippen molar-refractivity contribution in [2.24, 2.45) is 0 Å². The largest absolute Gasteiger partial charge is 0.392 e. The number of likely N-dealkylation sites (tertiary alicyclic amines) is 1. The van der Waals surface area contributed by atoms with Gasteiger partial charge in [-0.3, -0.25) is 4.90 Å². The summed E-state index contributed by atoms with van der Waals surface area (Å²) in [5.41, 5.74) is 0.982. The number of nitrogens with zero attached hydrogens (tertiary/aromatic N) is 2. The third-order valence-electron chi connectivity index (χ3n) is 3.74. The summed E-state index contributed by atoms with van der Waals surface area (Å²) in [6, 6.07) is 4.83. The first-order valence-corrected chi connectivity index (χ1v) is 6.82. The maximum absolute atomic E-state index is 14.0. The standard InChI is InChI=1S/C15H16F2N2O2/c1-9-4-11(18-21-9)7-19-8-12(20)6-15(19)13-5-10(16)2-3-14(13)17/h2-5,12,15,20H,6-8H2,1H3. The van der Waals surface area contributed by atoms with Crippen LogP contribution in [0.25, 0.3) is 0 Å². The summed E-state index contributed by atoms with van der Waals surface area (Å²) in [5, 5.41) is 13.8. The van der Waals surface area contributed by atoms with Gasteiger partial charge in [0.25, 0.3) is 0 Å². The predicted octanol–water partition coefficient (Wildman–Crippen LogP) is 2.57. The molecule has 6 heteroatoms. The quantitative estimate of drug-likeness (QED) is 0.945. The fraction of sp³-hybridized carbons (Fsp3) is 0.400. The van der Waals surface area contributed by atoms with Gasteiger partial charge in [-0.05, 0) is 31.5 Å². The zero-order valence-electron chi connectivity index (χ0n) is 11.6. The van der Waals surface area contributed by atoms with E-state index in [1.54, 1.807) is 13.0 Å². The number of benzene rings is 1. The second-order valence-corrected chi connectivity index (χ2v) is 5.43. The summed E-state index contributed by atoms with van der Waals surface area (Å²) in [6.07, 6.45) is -0.192. The number of aliphatic hydroxyl groups is 1. The molecule has 0 bridgehead atoms. The Morgan fingerprint density at radius 2 is 2.19 bits per heavy atom. The minimum atomic E-state index is -0.564. The van der Waals surface area contributed by atoms with Crippen LogP contribution in [0.3, 0.4) is 0 Å². The lowest BCUT2D eigenvalue weighted by Crippen LogP contribution is -2.25. The first-order chi connectivity index (χ1) is 10.0. The molecule has 1 aliphatic heterocycles. The molecule has 2 atom stereocenters. The molecule has 1 aromatic heterocycles. The Morgan fingerprint density at radius 1 is 1.38 bits per heavy atom. The van der Waals surface area contributed by atoms with Crippen LogP contribution in [0.5, 0.6) is 0 Å². The van der Waals surface area contributed by atoms with Gasteiger partial charge in [0.05, 0.1) is 11.8 Å². The van der Waals surface area contributed by atoms with Gasteiger partial charge in [-0.25, -0.2) is 8.78 Å². The second kappa shape index (κ2) is 5.54. The Labute approximate surface area is 121 Å². The van der Waals surface area contributed by atoms with E-state index in [2.05, 4.69) is 5.16 Å². The van der Waals surface area contributed by atoms with Crippen molar-refractivity contribution in [3.63, 3.8) is 0 Å². The Kier molecular flexibility index (Phi) is 3.73. The Bertz CT molecular complexity index is 644. The first kappa shape index (κ1) is 14.2. The number of β-amino-alcohol motifs (C(OH)–C–C–N with tert-alkyl or cyclic N) is 1. The van der Waals surface area contributed by atoms with Crippen LogP contribution in [-0.2, 0) is 6.54 Å². The van der Waals surface area contributed by atoms with Gasteiger partial charge in [0, 0.05) is 30.8 Å². The van der Waals surface area contributed by atoms with Crippen LogP contribution in [0.2, 0.25) is 0 Å². The number of hydrogen-bond acceptors (Lipinski definition) is 4. The van der Waals surface area contributed by atoms with Crippen LogP contribution >= 0.6 is 0 Å². The van der Waals surface area contributed by atoms with E-state index in [9.17, 15) is 13.9 Å². The van der Waals surface area contributed by atoms with Crippen LogP contribution < -0.4 is 0 Å². The lowest BCUT2D eigenvalue weighted by Gasteiger charge is -2.23. The molecule has 1 aliphatic rings. The van der Waals surface area contributed by atoms with E-state index in [1.165, 1.54) is 6.07 Å². The van der Waals surface area contributed by atoms with E-state index in [1.807, 2.05) is 4.90 Å². The summed E-state index contributed by atoms with van der Waals surface area (Å²) in [6.45, 7) is 2.61. The maximum Gasteiger partial charge on any atom is 0.133 e. The van der Waals surface area contributed by atoms with Crippen LogP contribution in [0.4, 0.5) is 8.78 Å². The van der Waals surface area contributed by atoms with Crippen molar-refractivity contribution in [2.45, 2.75) is 32.0 Å². The molecule has 2 heterocycles. The van der Waals surface area contributed by atoms with Crippen LogP contribution in [0.15, 0.2) is 28.8 Å². The number of aromatic nitrogens is 1. The smallest absolute Gasteiger partial charge is 0.133 e. The lowest BCUT2D eigenvalue weighted by atomic mass is 10.0. The van der Waals surface area contributed by atoms with Gasteiger partial charge in [0.1, 0.15) is 17.4 Å². The Hall–Kier alpha value is -1.79. The molecule has 1 aromatic carbocycles. The topological polar surface area (TPSA) is 49.5 Å². The molecule has 0 radical (unpaired) electrons. The number of aryl methyl sites for hydroxylation is 1. The van der Waals surface area contributed by atoms with Crippen molar-refractivity contribution in [3.8, 4) is 0 Å². The summed E-state index contributed by atoms with van der Waals surface area (Å²) in [4.78, 5) is 1.89. The monoisotopic (exact) mass is 294 g/mol. The predicted molar refractivity (Wildman–Crippen MR) is 71.4 cm³/mol. The van der Waals surface area contributed by atoms with Gasteiger partial charge in [-0.15, -0.1) is 0 Å². The molecule has 0 amide bonds. The second-order valence-electron chi connectivity index (χ2n) is 5.43. The van der Waals surface area contributed by atoms with E-state index < -0.39 is 17.7 Å². The zero-order chi connectivity index (χ0) is 15.0. The number of hydrogen-bond donors (Lipinski definition) is 1. The van der Waals surface area contributed by atoms with E-state index in [-0.39, 0.29) is 11.6 Å². The molecule has 112 valence electrons. The highest BCUT2D eigenvalue weighted by atomic mass is 19.1. The molecule has 1 fully saturated rings. The SMILES string of the molecule is Cc1cc(CN2CC(O)CC2c2cc(F)ccc2F)no1. The van der Waals surface area contributed by atoms with E-state index in [0.717, 1.165) is 12.1 Å². The van der Waals surface area contributed by atoms with Crippen molar-refractivity contribution in [1.82, 2.24) is 10.1 Å². The van der Waals surface area contributed by atoms with Gasteiger partial charge in [-0.1, -0.05) is 5.16 Å². The van der Waals surface area contributed by atoms with Gasteiger partial charge in [0.2, 0.25) is 0 Å². The molecule has 1 saturated heterocycles. The average Bonchev–Trinajstić information content (AvgIpc) is 2.99. The van der Waals surface area contributed by atoms with Crippen molar-refractivity contribution in [2.75, 3.05) is 6.54 Å². The van der Waals surface area contributed by atoms with Gasteiger partial charge in [-0.2, -0.15) is 0 Å². The molecule has 0 spiro atoms. The highest BCUT2D eigenvalue weighted by molar-refractivity contribution is 5.24. The highest BCUT2D eigenvalue weighted by Gasteiger charge is 2.34. The summed E-state index contributed by atoms with van der Waals surface area (Å²) < 4.78 is 32.3. The van der Waals surface area contributed by atoms with Crippen molar-refractivity contribution >= 4 is 0 Å². The summed E-state index contributed by atoms with van der Waals surface area (Å²) in [7, 11) is 0. The van der Waals surface area contributed by atoms with Crippen LogP contribution in [-0.4, -0.2) is 27.8 Å². The molecule has 3 rings (SSSR count). The molecular formula is C15H16F2N2O2. The molecule has 2 unspecified atom stereocenters. The molecule has 2 aromatic rings. The number of rotatable bonds is 3. The summed E-state index contributed by atoms with van der Waals surface area (Å²) >= 11 is 0. The van der Waals surface area contributed by atoms with Gasteiger partial charge < -0.3 is 9.63 Å². The highest BCUT2D eigenvalue weighted by Crippen LogP contribution is 2.35. The fourth-order valence-electron chi connectivity index (χ4n) is 2.85. The van der Waals surface area contributed by atoms with E-state index in [0.29, 0.717) is 31.0 Å². The number of halogens is 2. The van der Waals surface area contributed by atoms with E-state index >= 15 is 0 Å². The molecule has 4 nitrogen and oxygen atoms in total. The third-order valence-corrected chi connectivity index (χ3v) is 3.74. The van der Waals surface area contributed by atoms with Crippen molar-refractivity contribution < 1.29 is 18.4 Å². The normalized spacial score (nSPS) is 22.9. The molecule has 1 N–H and O–H groups in total. The van der Waals surface area contributed by atoms with Crippen LogP contribution in [0, 0.1) is 18.6 Å². The minimum absolute atomic E-state index is 0.270. The maximum atomic E-state index is 14.0. The minimum Gasteiger partial charge on any atom is -0.392 e. The van der Waals surface area contributed by atoms with Crippen LogP contribution in [0.1, 0.15) is 29.5 Å². The first-order valence-electron chi connectivity index (χ1n) is 6.82. The zero-order valence-corrected chi connectivity index (χ0v) is 11.6. The Balaban J connectivity index is 1.86. The lowest BCUT2D eigenvalue weighted by molar-refractivity contribution is 0.171. The molecule has 21 heavy (non-hydrogen) atoms. The fourth-order valence-corrected chi connectivity index (χ4v) is 2.85.